The lowest BCUT2D eigenvalue weighted by molar-refractivity contribution is 0.177. The third-order valence-electron chi connectivity index (χ3n) is 4.62. The van der Waals surface area contributed by atoms with Crippen LogP contribution in [0.25, 0.3) is 0 Å². The molecule has 0 bridgehead atoms. The number of nitrogens with zero attached hydrogens (tertiary/aromatic N) is 7. The molecule has 1 aliphatic heterocycles. The summed E-state index contributed by atoms with van der Waals surface area (Å²) in [5.74, 6) is 1.69. The van der Waals surface area contributed by atoms with Gasteiger partial charge >= 0.3 is 0 Å². The van der Waals surface area contributed by atoms with Gasteiger partial charge in [0.25, 0.3) is 0 Å². The number of aromatic nitrogens is 6. The SMILES string of the molecule is COCCn1ccnc1CN1CCn2nc(CNc3ncccn3)cc2C1. The molecule has 0 amide bonds. The van der Waals surface area contributed by atoms with Gasteiger partial charge in [-0.05, 0) is 12.1 Å². The van der Waals surface area contributed by atoms with Crippen molar-refractivity contribution in [2.24, 2.45) is 0 Å². The number of nitrogens with one attached hydrogen (secondary N) is 1. The van der Waals surface area contributed by atoms with Gasteiger partial charge in [0.15, 0.2) is 0 Å². The third kappa shape index (κ3) is 4.32. The van der Waals surface area contributed by atoms with E-state index >= 15 is 0 Å². The minimum absolute atomic E-state index is 0.617. The summed E-state index contributed by atoms with van der Waals surface area (Å²) in [6, 6.07) is 3.95. The van der Waals surface area contributed by atoms with E-state index in [1.165, 1.54) is 5.69 Å². The van der Waals surface area contributed by atoms with E-state index in [0.29, 0.717) is 19.1 Å². The fourth-order valence-corrected chi connectivity index (χ4v) is 3.25. The van der Waals surface area contributed by atoms with Gasteiger partial charge in [0.05, 0.1) is 37.6 Å². The maximum Gasteiger partial charge on any atom is 0.222 e. The predicted molar refractivity (Wildman–Crippen MR) is 99.8 cm³/mol. The maximum absolute atomic E-state index is 5.18. The van der Waals surface area contributed by atoms with E-state index in [-0.39, 0.29) is 0 Å². The molecule has 1 N–H and O–H groups in total. The molecule has 0 aromatic carbocycles. The molecular formula is C18H24N8O. The normalized spacial score (nSPS) is 14.3. The standard InChI is InChI=1S/C18H24N8O/c1-27-10-9-25-6-5-19-17(25)14-24-7-8-26-16(13-24)11-15(23-26)12-22-18-20-3-2-4-21-18/h2-6,11H,7-10,12-14H2,1H3,(H,20,21,22). The third-order valence-corrected chi connectivity index (χ3v) is 4.62. The zero-order chi connectivity index (χ0) is 18.5. The quantitative estimate of drug-likeness (QED) is 0.638. The highest BCUT2D eigenvalue weighted by molar-refractivity contribution is 5.24. The molecule has 27 heavy (non-hydrogen) atoms. The number of hydrogen-bond acceptors (Lipinski definition) is 7. The van der Waals surface area contributed by atoms with Gasteiger partial charge < -0.3 is 14.6 Å². The molecule has 0 aliphatic carbocycles. The average Bonchev–Trinajstić information content (AvgIpc) is 3.31. The molecule has 1 aliphatic rings. The first kappa shape index (κ1) is 17.6. The van der Waals surface area contributed by atoms with Crippen molar-refractivity contribution in [3.8, 4) is 0 Å². The smallest absolute Gasteiger partial charge is 0.222 e. The van der Waals surface area contributed by atoms with Crippen LogP contribution < -0.4 is 5.32 Å². The Labute approximate surface area is 158 Å². The Kier molecular flexibility index (Phi) is 5.40. The summed E-state index contributed by atoms with van der Waals surface area (Å²) in [6.07, 6.45) is 7.32. The van der Waals surface area contributed by atoms with Crippen molar-refractivity contribution < 1.29 is 4.74 Å². The molecule has 0 saturated heterocycles. The van der Waals surface area contributed by atoms with Crippen molar-refractivity contribution >= 4 is 5.95 Å². The Morgan fingerprint density at radius 3 is 2.89 bits per heavy atom. The second-order valence-electron chi connectivity index (χ2n) is 6.52. The van der Waals surface area contributed by atoms with Crippen LogP contribution in [-0.4, -0.2) is 54.5 Å². The van der Waals surface area contributed by atoms with Gasteiger partial charge in [-0.15, -0.1) is 0 Å². The summed E-state index contributed by atoms with van der Waals surface area (Å²) in [7, 11) is 1.72. The Bertz CT molecular complexity index is 859. The summed E-state index contributed by atoms with van der Waals surface area (Å²) >= 11 is 0. The lowest BCUT2D eigenvalue weighted by Gasteiger charge is -2.27. The highest BCUT2D eigenvalue weighted by Gasteiger charge is 2.20. The van der Waals surface area contributed by atoms with E-state index < -0.39 is 0 Å². The number of imidazole rings is 1. The Morgan fingerprint density at radius 1 is 1.15 bits per heavy atom. The molecule has 142 valence electrons. The van der Waals surface area contributed by atoms with Crippen LogP contribution >= 0.6 is 0 Å². The van der Waals surface area contributed by atoms with Crippen LogP contribution in [0.15, 0.2) is 36.9 Å². The molecule has 4 heterocycles. The molecule has 4 rings (SSSR count). The molecule has 9 nitrogen and oxygen atoms in total. The van der Waals surface area contributed by atoms with Crippen molar-refractivity contribution in [2.75, 3.05) is 25.6 Å². The number of methoxy groups -OCH3 is 1. The van der Waals surface area contributed by atoms with E-state index in [1.54, 1.807) is 25.6 Å². The van der Waals surface area contributed by atoms with Gasteiger partial charge in [0.2, 0.25) is 5.95 Å². The van der Waals surface area contributed by atoms with Gasteiger partial charge in [0, 0.05) is 51.5 Å². The van der Waals surface area contributed by atoms with E-state index in [0.717, 1.165) is 44.2 Å². The minimum atomic E-state index is 0.617. The van der Waals surface area contributed by atoms with Gasteiger partial charge in [-0.25, -0.2) is 15.0 Å². The van der Waals surface area contributed by atoms with Crippen molar-refractivity contribution in [3.63, 3.8) is 0 Å². The summed E-state index contributed by atoms with van der Waals surface area (Å²) < 4.78 is 9.43. The fraction of sp³-hybridized carbons (Fsp3) is 0.444. The second kappa shape index (κ2) is 8.28. The summed E-state index contributed by atoms with van der Waals surface area (Å²) in [6.45, 7) is 5.67. The van der Waals surface area contributed by atoms with Crippen molar-refractivity contribution in [2.45, 2.75) is 32.7 Å². The van der Waals surface area contributed by atoms with Crippen LogP contribution in [0.3, 0.4) is 0 Å². The summed E-state index contributed by atoms with van der Waals surface area (Å²) in [5.41, 5.74) is 2.22. The molecule has 0 atom stereocenters. The Hall–Kier alpha value is -2.78. The monoisotopic (exact) mass is 368 g/mol. The largest absolute Gasteiger partial charge is 0.383 e. The van der Waals surface area contributed by atoms with Crippen LogP contribution in [-0.2, 0) is 37.5 Å². The van der Waals surface area contributed by atoms with E-state index in [9.17, 15) is 0 Å². The van der Waals surface area contributed by atoms with Crippen molar-refractivity contribution in [3.05, 3.63) is 54.1 Å². The van der Waals surface area contributed by atoms with Crippen LogP contribution in [0.4, 0.5) is 5.95 Å². The van der Waals surface area contributed by atoms with Crippen molar-refractivity contribution in [1.29, 1.82) is 0 Å². The molecule has 9 heteroatoms. The van der Waals surface area contributed by atoms with Gasteiger partial charge in [0.1, 0.15) is 5.82 Å². The molecule has 0 radical (unpaired) electrons. The van der Waals surface area contributed by atoms with E-state index in [1.807, 2.05) is 12.4 Å². The maximum atomic E-state index is 5.18. The van der Waals surface area contributed by atoms with Crippen LogP contribution in [0.1, 0.15) is 17.2 Å². The van der Waals surface area contributed by atoms with Gasteiger partial charge in [-0.3, -0.25) is 9.58 Å². The van der Waals surface area contributed by atoms with Gasteiger partial charge in [-0.1, -0.05) is 0 Å². The number of ether oxygens (including phenoxy) is 1. The second-order valence-corrected chi connectivity index (χ2v) is 6.52. The summed E-state index contributed by atoms with van der Waals surface area (Å²) in [5, 5.41) is 7.90. The number of hydrogen-bond donors (Lipinski definition) is 1. The first-order valence-electron chi connectivity index (χ1n) is 9.09. The van der Waals surface area contributed by atoms with E-state index in [2.05, 4.69) is 45.6 Å². The highest BCUT2D eigenvalue weighted by atomic mass is 16.5. The number of anilines is 1. The first-order chi connectivity index (χ1) is 13.3. The van der Waals surface area contributed by atoms with Crippen LogP contribution in [0.2, 0.25) is 0 Å². The Morgan fingerprint density at radius 2 is 2.04 bits per heavy atom. The van der Waals surface area contributed by atoms with E-state index in [4.69, 9.17) is 4.74 Å². The average molecular weight is 368 g/mol. The molecule has 3 aromatic rings. The lowest BCUT2D eigenvalue weighted by atomic mass is 10.2. The zero-order valence-electron chi connectivity index (χ0n) is 15.5. The molecule has 0 unspecified atom stereocenters. The molecule has 0 spiro atoms. The zero-order valence-corrected chi connectivity index (χ0v) is 15.5. The molecule has 0 saturated carbocycles. The number of rotatable bonds is 8. The highest BCUT2D eigenvalue weighted by Crippen LogP contribution is 2.16. The molecular weight excluding hydrogens is 344 g/mol. The fourth-order valence-electron chi connectivity index (χ4n) is 3.25. The first-order valence-corrected chi connectivity index (χ1v) is 9.09. The lowest BCUT2D eigenvalue weighted by Crippen LogP contribution is -2.34. The molecule has 0 fully saturated rings. The topological polar surface area (TPSA) is 85.9 Å². The number of fused-ring (bicyclic) bond motifs is 1. The predicted octanol–water partition coefficient (Wildman–Crippen LogP) is 1.14. The molecule has 3 aromatic heterocycles. The minimum Gasteiger partial charge on any atom is -0.383 e. The Balaban J connectivity index is 1.36. The van der Waals surface area contributed by atoms with Crippen LogP contribution in [0, 0.1) is 0 Å². The van der Waals surface area contributed by atoms with Crippen molar-refractivity contribution in [1.82, 2.24) is 34.2 Å². The van der Waals surface area contributed by atoms with Crippen LogP contribution in [0.5, 0.6) is 0 Å². The van der Waals surface area contributed by atoms with Gasteiger partial charge in [-0.2, -0.15) is 5.10 Å². The summed E-state index contributed by atoms with van der Waals surface area (Å²) in [4.78, 5) is 15.3.